The molecule has 3 nitrogen and oxygen atoms in total. The molecule has 4 aromatic carbocycles. The lowest BCUT2D eigenvalue weighted by molar-refractivity contribution is 0.0734. The summed E-state index contributed by atoms with van der Waals surface area (Å²) in [5.41, 5.74) is 0.154. The van der Waals surface area contributed by atoms with Crippen molar-refractivity contribution in [3.05, 3.63) is 84.4 Å². The van der Waals surface area contributed by atoms with Crippen molar-refractivity contribution in [2.75, 3.05) is 0 Å². The maximum atomic E-state index is 12.5. The first-order valence-electron chi connectivity index (χ1n) is 7.64. The summed E-state index contributed by atoms with van der Waals surface area (Å²) in [4.78, 5) is 12.5. The molecule has 4 aromatic rings. The number of carbonyl (C=O) groups is 1. The van der Waals surface area contributed by atoms with E-state index in [1.807, 2.05) is 60.7 Å². The molecule has 1 N–H and O–H groups in total. The number of aromatic hydroxyl groups is 1. The number of esters is 1. The van der Waals surface area contributed by atoms with Gasteiger partial charge in [0, 0.05) is 5.39 Å². The smallest absolute Gasteiger partial charge is 0.347 e. The molecule has 3 heteroatoms. The molecule has 0 saturated carbocycles. The lowest BCUT2D eigenvalue weighted by Gasteiger charge is -2.09. The van der Waals surface area contributed by atoms with Crippen molar-refractivity contribution in [3.8, 4) is 11.5 Å². The van der Waals surface area contributed by atoms with Crippen molar-refractivity contribution in [3.63, 3.8) is 0 Å². The Balaban J connectivity index is 1.75. The van der Waals surface area contributed by atoms with Gasteiger partial charge in [0.05, 0.1) is 0 Å². The Bertz CT molecular complexity index is 1060. The third kappa shape index (κ3) is 2.46. The van der Waals surface area contributed by atoms with Gasteiger partial charge in [-0.25, -0.2) is 4.79 Å². The lowest BCUT2D eigenvalue weighted by Crippen LogP contribution is -2.09. The van der Waals surface area contributed by atoms with Crippen LogP contribution in [0.1, 0.15) is 10.4 Å². The maximum absolute atomic E-state index is 12.5. The Morgan fingerprint density at radius 1 is 0.750 bits per heavy atom. The minimum Gasteiger partial charge on any atom is -0.507 e. The maximum Gasteiger partial charge on any atom is 0.347 e. The van der Waals surface area contributed by atoms with E-state index in [1.165, 1.54) is 0 Å². The van der Waals surface area contributed by atoms with Gasteiger partial charge in [0.1, 0.15) is 17.1 Å². The fourth-order valence-electron chi connectivity index (χ4n) is 2.83. The summed E-state index contributed by atoms with van der Waals surface area (Å²) in [6, 6.07) is 24.0. The first kappa shape index (κ1) is 14.3. The van der Waals surface area contributed by atoms with Crippen LogP contribution < -0.4 is 4.74 Å². The average molecular weight is 314 g/mol. The number of fused-ring (bicyclic) bond motifs is 2. The molecule has 0 aliphatic carbocycles. The predicted octanol–water partition coefficient (Wildman–Crippen LogP) is 4.92. The van der Waals surface area contributed by atoms with Gasteiger partial charge in [-0.2, -0.15) is 0 Å². The van der Waals surface area contributed by atoms with Crippen LogP contribution >= 0.6 is 0 Å². The van der Waals surface area contributed by atoms with E-state index >= 15 is 0 Å². The normalized spacial score (nSPS) is 10.8. The van der Waals surface area contributed by atoms with Crippen LogP contribution in [0.15, 0.2) is 78.9 Å². The molecule has 0 aliphatic heterocycles. The van der Waals surface area contributed by atoms with E-state index in [1.54, 1.807) is 18.2 Å². The van der Waals surface area contributed by atoms with Crippen molar-refractivity contribution >= 4 is 27.5 Å². The number of rotatable bonds is 2. The van der Waals surface area contributed by atoms with Crippen LogP contribution in [0.2, 0.25) is 0 Å². The predicted molar refractivity (Wildman–Crippen MR) is 94.5 cm³/mol. The molecule has 0 saturated heterocycles. The Hall–Kier alpha value is -3.33. The largest absolute Gasteiger partial charge is 0.507 e. The Labute approximate surface area is 138 Å². The summed E-state index contributed by atoms with van der Waals surface area (Å²) in [7, 11) is 0. The Morgan fingerprint density at radius 2 is 1.38 bits per heavy atom. The second-order valence-electron chi connectivity index (χ2n) is 5.58. The summed E-state index contributed by atoms with van der Waals surface area (Å²) in [6.45, 7) is 0. The summed E-state index contributed by atoms with van der Waals surface area (Å²) < 4.78 is 5.54. The van der Waals surface area contributed by atoms with Crippen molar-refractivity contribution in [2.45, 2.75) is 0 Å². The summed E-state index contributed by atoms with van der Waals surface area (Å²) in [5.74, 6) is -0.181. The van der Waals surface area contributed by atoms with Crippen LogP contribution in [-0.2, 0) is 0 Å². The van der Waals surface area contributed by atoms with Crippen molar-refractivity contribution in [1.29, 1.82) is 0 Å². The van der Waals surface area contributed by atoms with Crippen molar-refractivity contribution < 1.29 is 14.6 Å². The molecule has 0 aliphatic rings. The molecular weight excluding hydrogens is 300 g/mol. The van der Waals surface area contributed by atoms with E-state index in [0.717, 1.165) is 21.5 Å². The fraction of sp³-hybridized carbons (Fsp3) is 0. The van der Waals surface area contributed by atoms with Gasteiger partial charge in [-0.1, -0.05) is 60.7 Å². The molecular formula is C21H14O3. The molecule has 0 fully saturated rings. The number of hydrogen-bond donors (Lipinski definition) is 1. The molecule has 0 spiro atoms. The van der Waals surface area contributed by atoms with Crippen LogP contribution in [-0.4, -0.2) is 11.1 Å². The number of hydrogen-bond acceptors (Lipinski definition) is 3. The monoisotopic (exact) mass is 314 g/mol. The zero-order valence-electron chi connectivity index (χ0n) is 12.8. The second-order valence-corrected chi connectivity index (χ2v) is 5.58. The third-order valence-corrected chi connectivity index (χ3v) is 4.04. The van der Waals surface area contributed by atoms with E-state index in [9.17, 15) is 9.90 Å². The molecule has 0 radical (unpaired) electrons. The Morgan fingerprint density at radius 3 is 2.17 bits per heavy atom. The van der Waals surface area contributed by atoms with Crippen LogP contribution in [0, 0.1) is 0 Å². The minimum atomic E-state index is -0.574. The average Bonchev–Trinajstić information content (AvgIpc) is 2.61. The molecule has 0 aromatic heterocycles. The number of benzene rings is 4. The molecule has 0 bridgehead atoms. The summed E-state index contributed by atoms with van der Waals surface area (Å²) >= 11 is 0. The molecule has 4 rings (SSSR count). The van der Waals surface area contributed by atoms with Gasteiger partial charge in [0.2, 0.25) is 0 Å². The van der Waals surface area contributed by atoms with Crippen molar-refractivity contribution in [2.24, 2.45) is 0 Å². The third-order valence-electron chi connectivity index (χ3n) is 4.04. The van der Waals surface area contributed by atoms with E-state index in [-0.39, 0.29) is 11.3 Å². The van der Waals surface area contributed by atoms with Gasteiger partial charge < -0.3 is 9.84 Å². The van der Waals surface area contributed by atoms with Gasteiger partial charge in [-0.05, 0) is 34.4 Å². The highest BCUT2D eigenvalue weighted by atomic mass is 16.5. The second kappa shape index (κ2) is 5.70. The molecule has 116 valence electrons. The fourth-order valence-corrected chi connectivity index (χ4v) is 2.83. The van der Waals surface area contributed by atoms with Gasteiger partial charge in [-0.15, -0.1) is 0 Å². The Kier molecular flexibility index (Phi) is 3.39. The highest BCUT2D eigenvalue weighted by molar-refractivity contribution is 6.01. The first-order valence-corrected chi connectivity index (χ1v) is 7.64. The number of phenols is 1. The van der Waals surface area contributed by atoms with Crippen LogP contribution in [0.5, 0.6) is 11.5 Å². The summed E-state index contributed by atoms with van der Waals surface area (Å²) in [6.07, 6.45) is 0. The van der Waals surface area contributed by atoms with Crippen LogP contribution in [0.4, 0.5) is 0 Å². The lowest BCUT2D eigenvalue weighted by atomic mass is 10.1. The SMILES string of the molecule is O=C(Oc1cccc2ccccc12)c1cc2ccccc2cc1O. The van der Waals surface area contributed by atoms with Gasteiger partial charge in [0.25, 0.3) is 0 Å². The van der Waals surface area contributed by atoms with Crippen LogP contribution in [0.25, 0.3) is 21.5 Å². The number of ether oxygens (including phenoxy) is 1. The summed E-state index contributed by atoms with van der Waals surface area (Å²) in [5, 5.41) is 13.8. The van der Waals surface area contributed by atoms with E-state index in [2.05, 4.69) is 0 Å². The zero-order valence-corrected chi connectivity index (χ0v) is 12.8. The van der Waals surface area contributed by atoms with Gasteiger partial charge in [-0.3, -0.25) is 0 Å². The molecule has 0 unspecified atom stereocenters. The minimum absolute atomic E-state index is 0.0843. The quantitative estimate of drug-likeness (QED) is 0.422. The van der Waals surface area contributed by atoms with Crippen LogP contribution in [0.3, 0.4) is 0 Å². The highest BCUT2D eigenvalue weighted by Crippen LogP contribution is 2.29. The highest BCUT2D eigenvalue weighted by Gasteiger charge is 2.16. The topological polar surface area (TPSA) is 46.5 Å². The van der Waals surface area contributed by atoms with E-state index < -0.39 is 5.97 Å². The first-order chi connectivity index (χ1) is 11.7. The number of phenolic OH excluding ortho intramolecular Hbond substituents is 1. The van der Waals surface area contributed by atoms with Crippen molar-refractivity contribution in [1.82, 2.24) is 0 Å². The zero-order chi connectivity index (χ0) is 16.5. The van der Waals surface area contributed by atoms with E-state index in [4.69, 9.17) is 4.74 Å². The van der Waals surface area contributed by atoms with Gasteiger partial charge >= 0.3 is 5.97 Å². The molecule has 24 heavy (non-hydrogen) atoms. The van der Waals surface area contributed by atoms with Gasteiger partial charge in [0.15, 0.2) is 0 Å². The van der Waals surface area contributed by atoms with E-state index in [0.29, 0.717) is 5.75 Å². The molecule has 0 heterocycles. The number of carbonyl (C=O) groups excluding carboxylic acids is 1. The standard InChI is InChI=1S/C21H14O3/c22-19-13-16-8-2-1-7-15(16)12-18(19)21(23)24-20-11-5-9-14-6-3-4-10-17(14)20/h1-13,22H. The molecule has 0 amide bonds. The molecule has 0 atom stereocenters.